The van der Waals surface area contributed by atoms with Gasteiger partial charge >= 0.3 is 5.43 Å². The lowest BCUT2D eigenvalue weighted by Gasteiger charge is -1.87. The average molecular weight is 148 g/mol. The molecule has 0 atom stereocenters. The molecule has 1 aromatic rings. The van der Waals surface area contributed by atoms with E-state index in [1.54, 1.807) is 0 Å². The molecule has 0 bridgehead atoms. The minimum absolute atomic E-state index is 0.204. The third-order valence-electron chi connectivity index (χ3n) is 0.608. The van der Waals surface area contributed by atoms with E-state index in [9.17, 15) is 4.79 Å². The van der Waals surface area contributed by atoms with Gasteiger partial charge in [0.1, 0.15) is 6.20 Å². The summed E-state index contributed by atoms with van der Waals surface area (Å²) in [7, 11) is 0. The molecule has 0 aliphatic heterocycles. The molecule has 1 rings (SSSR count). The van der Waals surface area contributed by atoms with Crippen molar-refractivity contribution in [2.75, 3.05) is 0 Å². The predicted molar refractivity (Wildman–Crippen MR) is 28.4 cm³/mol. The maximum atomic E-state index is 9.98. The molecule has 1 heterocycles. The van der Waals surface area contributed by atoms with Gasteiger partial charge in [0.05, 0.1) is 0 Å². The van der Waals surface area contributed by atoms with Gasteiger partial charge in [0.25, 0.3) is 0 Å². The Morgan fingerprint density at radius 2 is 2.67 bits per heavy atom. The molecule has 0 aromatic carbocycles. The van der Waals surface area contributed by atoms with Crippen LogP contribution < -0.4 is 4.74 Å². The van der Waals surface area contributed by atoms with Gasteiger partial charge < -0.3 is 9.26 Å². The lowest BCUT2D eigenvalue weighted by molar-refractivity contribution is 0.225. The molecule has 0 aliphatic rings. The Bertz CT molecular complexity index is 196. The highest BCUT2D eigenvalue weighted by Gasteiger charge is 1.99. The topological polar surface area (TPSA) is 52.3 Å². The first-order valence-electron chi connectivity index (χ1n) is 2.06. The molecule has 48 valence electrons. The van der Waals surface area contributed by atoms with Gasteiger partial charge in [0.15, 0.2) is 12.0 Å². The summed E-state index contributed by atoms with van der Waals surface area (Å²) < 4.78 is 8.65. The molecule has 0 aliphatic carbocycles. The van der Waals surface area contributed by atoms with Gasteiger partial charge in [-0.25, -0.2) is 4.79 Å². The summed E-state index contributed by atoms with van der Waals surface area (Å²) in [6.45, 7) is 0. The van der Waals surface area contributed by atoms with Crippen molar-refractivity contribution in [3.63, 3.8) is 0 Å². The SMILES string of the molecule is O=C(Cl)Oc1cnoc1. The molecule has 4 nitrogen and oxygen atoms in total. The van der Waals surface area contributed by atoms with Crippen LogP contribution in [0.4, 0.5) is 4.79 Å². The van der Waals surface area contributed by atoms with Gasteiger partial charge in [0.2, 0.25) is 0 Å². The highest BCUT2D eigenvalue weighted by Crippen LogP contribution is 2.08. The minimum Gasteiger partial charge on any atom is -0.409 e. The Morgan fingerprint density at radius 3 is 3.11 bits per heavy atom. The number of rotatable bonds is 1. The number of ether oxygens (including phenoxy) is 1. The Hall–Kier alpha value is -1.03. The summed E-state index contributed by atoms with van der Waals surface area (Å²) in [6, 6.07) is 0. The van der Waals surface area contributed by atoms with Crippen molar-refractivity contribution in [2.24, 2.45) is 0 Å². The first-order valence-corrected chi connectivity index (χ1v) is 2.43. The third kappa shape index (κ3) is 1.73. The molecule has 1 aromatic heterocycles. The molecule has 0 radical (unpaired) electrons. The van der Waals surface area contributed by atoms with Crippen LogP contribution in [-0.4, -0.2) is 10.6 Å². The Morgan fingerprint density at radius 1 is 1.89 bits per heavy atom. The van der Waals surface area contributed by atoms with Crippen LogP contribution in [0.3, 0.4) is 0 Å². The second-order valence-corrected chi connectivity index (χ2v) is 1.51. The van der Waals surface area contributed by atoms with E-state index in [2.05, 4.69) is 14.4 Å². The molecular formula is C4H2ClNO3. The highest BCUT2D eigenvalue weighted by atomic mass is 35.5. The van der Waals surface area contributed by atoms with Crippen LogP contribution in [0, 0.1) is 0 Å². The summed E-state index contributed by atoms with van der Waals surface area (Å²) in [6.07, 6.45) is 2.40. The Balaban J connectivity index is 2.58. The van der Waals surface area contributed by atoms with E-state index in [0.29, 0.717) is 0 Å². The summed E-state index contributed by atoms with van der Waals surface area (Å²) in [5, 5.41) is 3.26. The van der Waals surface area contributed by atoms with Gasteiger partial charge in [-0.3, -0.25) is 0 Å². The molecule has 0 unspecified atom stereocenters. The number of nitrogens with zero attached hydrogens (tertiary/aromatic N) is 1. The third-order valence-corrected chi connectivity index (χ3v) is 0.685. The summed E-state index contributed by atoms with van der Waals surface area (Å²) >= 11 is 4.84. The van der Waals surface area contributed by atoms with Gasteiger partial charge in [-0.05, 0) is 0 Å². The van der Waals surface area contributed by atoms with Crippen molar-refractivity contribution in [2.45, 2.75) is 0 Å². The lowest BCUT2D eigenvalue weighted by atomic mass is 10.7. The zero-order chi connectivity index (χ0) is 6.69. The fourth-order valence-electron chi connectivity index (χ4n) is 0.338. The van der Waals surface area contributed by atoms with Crippen LogP contribution in [0.1, 0.15) is 0 Å². The molecule has 5 heteroatoms. The van der Waals surface area contributed by atoms with Crippen molar-refractivity contribution in [1.29, 1.82) is 0 Å². The molecule has 0 amide bonds. The minimum atomic E-state index is -0.904. The molecule has 0 saturated heterocycles. The van der Waals surface area contributed by atoms with E-state index >= 15 is 0 Å². The van der Waals surface area contributed by atoms with Gasteiger partial charge in [-0.15, -0.1) is 0 Å². The van der Waals surface area contributed by atoms with Crippen molar-refractivity contribution in [1.82, 2.24) is 5.16 Å². The number of hydrogen-bond acceptors (Lipinski definition) is 4. The van der Waals surface area contributed by atoms with E-state index in [4.69, 9.17) is 11.6 Å². The molecule has 0 spiro atoms. The zero-order valence-corrected chi connectivity index (χ0v) is 4.96. The monoisotopic (exact) mass is 147 g/mol. The molecule has 0 N–H and O–H groups in total. The number of hydrogen-bond donors (Lipinski definition) is 0. The van der Waals surface area contributed by atoms with Crippen LogP contribution in [0.25, 0.3) is 0 Å². The Labute approximate surface area is 55.3 Å². The summed E-state index contributed by atoms with van der Waals surface area (Å²) in [4.78, 5) is 9.98. The van der Waals surface area contributed by atoms with E-state index < -0.39 is 5.43 Å². The first-order chi connectivity index (χ1) is 4.29. The normalized spacial score (nSPS) is 9.00. The second kappa shape index (κ2) is 2.50. The van der Waals surface area contributed by atoms with Crippen LogP contribution in [0.15, 0.2) is 17.0 Å². The van der Waals surface area contributed by atoms with Gasteiger partial charge in [-0.1, -0.05) is 5.16 Å². The number of carbonyl (C=O) groups excluding carboxylic acids is 1. The fraction of sp³-hybridized carbons (Fsp3) is 0. The molecular weight excluding hydrogens is 146 g/mol. The van der Waals surface area contributed by atoms with E-state index in [0.717, 1.165) is 0 Å². The maximum absolute atomic E-state index is 9.98. The standard InChI is InChI=1S/C4H2ClNO3/c5-4(7)9-3-1-6-8-2-3/h1-2H. The summed E-state index contributed by atoms with van der Waals surface area (Å²) in [5.41, 5.74) is -0.904. The predicted octanol–water partition coefficient (Wildman–Crippen LogP) is 1.41. The number of aromatic nitrogens is 1. The largest absolute Gasteiger partial charge is 0.409 e. The van der Waals surface area contributed by atoms with Crippen molar-refractivity contribution < 1.29 is 14.1 Å². The molecule has 0 fully saturated rings. The van der Waals surface area contributed by atoms with Crippen LogP contribution in [-0.2, 0) is 0 Å². The maximum Gasteiger partial charge on any atom is 0.409 e. The fourth-order valence-corrected chi connectivity index (χ4v) is 0.427. The van der Waals surface area contributed by atoms with Crippen molar-refractivity contribution >= 4 is 17.0 Å². The van der Waals surface area contributed by atoms with Crippen LogP contribution in [0.2, 0.25) is 0 Å². The van der Waals surface area contributed by atoms with Crippen LogP contribution >= 0.6 is 11.6 Å². The van der Waals surface area contributed by atoms with Crippen molar-refractivity contribution in [3.8, 4) is 5.75 Å². The van der Waals surface area contributed by atoms with Gasteiger partial charge in [-0.2, -0.15) is 0 Å². The highest BCUT2D eigenvalue weighted by molar-refractivity contribution is 6.61. The molecule has 9 heavy (non-hydrogen) atoms. The number of halogens is 1. The average Bonchev–Trinajstić information content (AvgIpc) is 2.15. The van der Waals surface area contributed by atoms with E-state index in [1.165, 1.54) is 12.5 Å². The van der Waals surface area contributed by atoms with Crippen LogP contribution in [0.5, 0.6) is 5.75 Å². The first kappa shape index (κ1) is 6.10. The quantitative estimate of drug-likeness (QED) is 0.564. The number of carbonyl (C=O) groups is 1. The Kier molecular flexibility index (Phi) is 1.69. The second-order valence-electron chi connectivity index (χ2n) is 1.20. The van der Waals surface area contributed by atoms with E-state index in [-0.39, 0.29) is 5.75 Å². The smallest absolute Gasteiger partial charge is 0.409 e. The van der Waals surface area contributed by atoms with Crippen molar-refractivity contribution in [3.05, 3.63) is 12.5 Å². The molecule has 0 saturated carbocycles. The lowest BCUT2D eigenvalue weighted by Crippen LogP contribution is -1.93. The zero-order valence-electron chi connectivity index (χ0n) is 4.20. The summed E-state index contributed by atoms with van der Waals surface area (Å²) in [5.74, 6) is 0.204. The van der Waals surface area contributed by atoms with E-state index in [1.807, 2.05) is 0 Å². The van der Waals surface area contributed by atoms with Gasteiger partial charge in [0, 0.05) is 11.6 Å².